The van der Waals surface area contributed by atoms with E-state index in [9.17, 15) is 4.79 Å². The zero-order valence-electron chi connectivity index (χ0n) is 9.34. The normalized spacial score (nSPS) is 21.9. The molecule has 16 heavy (non-hydrogen) atoms. The van der Waals surface area contributed by atoms with E-state index in [2.05, 4.69) is 0 Å². The summed E-state index contributed by atoms with van der Waals surface area (Å²) in [6.07, 6.45) is 3.12. The van der Waals surface area contributed by atoms with Crippen LogP contribution in [0, 0.1) is 0 Å². The van der Waals surface area contributed by atoms with Crippen molar-refractivity contribution in [2.24, 2.45) is 0 Å². The lowest BCUT2D eigenvalue weighted by atomic mass is 10.2. The minimum Gasteiger partial charge on any atom is -0.417 e. The number of hydrogen-bond donors (Lipinski definition) is 0. The number of quaternary nitrogens is 1. The Bertz CT molecular complexity index is 442. The maximum Gasteiger partial charge on any atom is 0.560 e. The molecule has 2 rings (SSSR count). The number of rotatable bonds is 2. The predicted molar refractivity (Wildman–Crippen MR) is 61.3 cm³/mol. The molecule has 1 amide bonds. The number of para-hydroxylation sites is 1. The highest BCUT2D eigenvalue weighted by atomic mass is 16.8. The summed E-state index contributed by atoms with van der Waals surface area (Å²) >= 11 is 0. The highest BCUT2D eigenvalue weighted by molar-refractivity contribution is 5.90. The second-order valence-electron chi connectivity index (χ2n) is 3.41. The van der Waals surface area contributed by atoms with Crippen LogP contribution in [-0.4, -0.2) is 19.8 Å². The molecular weight excluding hydrogens is 206 g/mol. The van der Waals surface area contributed by atoms with Crippen molar-refractivity contribution in [2.75, 3.05) is 13.7 Å². The first-order valence-electron chi connectivity index (χ1n) is 5.15. The minimum atomic E-state index is -0.425. The molecule has 1 aliphatic heterocycles. The van der Waals surface area contributed by atoms with E-state index in [-0.39, 0.29) is 4.65 Å². The van der Waals surface area contributed by atoms with Crippen LogP contribution < -0.4 is 4.65 Å². The number of benzene rings is 1. The van der Waals surface area contributed by atoms with Gasteiger partial charge in [0.2, 0.25) is 0 Å². The van der Waals surface area contributed by atoms with Crippen molar-refractivity contribution in [3.05, 3.63) is 36.0 Å². The molecule has 1 aromatic carbocycles. The third-order valence-corrected chi connectivity index (χ3v) is 2.59. The first kappa shape index (κ1) is 10.9. The van der Waals surface area contributed by atoms with Gasteiger partial charge in [-0.25, -0.2) is 0 Å². The SMILES string of the molecule is CCOC(=O)[N@+]1(OC)C=Cc2ccccc21. The topological polar surface area (TPSA) is 35.5 Å². The van der Waals surface area contributed by atoms with Crippen molar-refractivity contribution in [3.63, 3.8) is 0 Å². The molecule has 0 saturated carbocycles. The van der Waals surface area contributed by atoms with Crippen LogP contribution in [0.25, 0.3) is 6.08 Å². The van der Waals surface area contributed by atoms with E-state index in [0.717, 1.165) is 11.3 Å². The van der Waals surface area contributed by atoms with Crippen molar-refractivity contribution in [1.29, 1.82) is 0 Å². The lowest BCUT2D eigenvalue weighted by Gasteiger charge is -2.23. The van der Waals surface area contributed by atoms with Gasteiger partial charge < -0.3 is 4.74 Å². The van der Waals surface area contributed by atoms with E-state index in [4.69, 9.17) is 9.57 Å². The van der Waals surface area contributed by atoms with E-state index in [1.807, 2.05) is 30.3 Å². The molecular formula is C12H14NO3+. The summed E-state index contributed by atoms with van der Waals surface area (Å²) in [6.45, 7) is 2.11. The number of ether oxygens (including phenoxy) is 1. The molecule has 1 aromatic rings. The molecule has 4 nitrogen and oxygen atoms in total. The zero-order chi connectivity index (χ0) is 11.6. The second kappa shape index (κ2) is 4.08. The molecule has 0 fully saturated rings. The third-order valence-electron chi connectivity index (χ3n) is 2.59. The van der Waals surface area contributed by atoms with Crippen LogP contribution in [0.3, 0.4) is 0 Å². The van der Waals surface area contributed by atoms with Crippen molar-refractivity contribution < 1.29 is 14.4 Å². The van der Waals surface area contributed by atoms with Crippen LogP contribution in [0.15, 0.2) is 30.5 Å². The lowest BCUT2D eigenvalue weighted by Crippen LogP contribution is -2.47. The van der Waals surface area contributed by atoms with Crippen LogP contribution in [0.4, 0.5) is 10.5 Å². The highest BCUT2D eigenvalue weighted by Gasteiger charge is 2.46. The summed E-state index contributed by atoms with van der Waals surface area (Å²) in [5.41, 5.74) is 1.75. The van der Waals surface area contributed by atoms with Gasteiger partial charge in [0.15, 0.2) is 5.69 Å². The first-order chi connectivity index (χ1) is 7.74. The highest BCUT2D eigenvalue weighted by Crippen LogP contribution is 2.36. The van der Waals surface area contributed by atoms with Gasteiger partial charge in [-0.3, -0.25) is 0 Å². The van der Waals surface area contributed by atoms with Crippen LogP contribution in [0.5, 0.6) is 0 Å². The number of carbonyl (C=O) groups is 1. The van der Waals surface area contributed by atoms with E-state index < -0.39 is 6.09 Å². The lowest BCUT2D eigenvalue weighted by molar-refractivity contribution is -0.0624. The second-order valence-corrected chi connectivity index (χ2v) is 3.41. The fourth-order valence-corrected chi connectivity index (χ4v) is 1.81. The van der Waals surface area contributed by atoms with Gasteiger partial charge in [0.25, 0.3) is 0 Å². The quantitative estimate of drug-likeness (QED) is 0.719. The number of hydroxylamine groups is 2. The summed E-state index contributed by atoms with van der Waals surface area (Å²) in [4.78, 5) is 17.3. The molecule has 84 valence electrons. The molecule has 0 N–H and O–H groups in total. The molecule has 1 heterocycles. The first-order valence-corrected chi connectivity index (χ1v) is 5.15. The molecule has 0 spiro atoms. The Labute approximate surface area is 94.2 Å². The molecule has 0 bridgehead atoms. The molecule has 0 aliphatic carbocycles. The van der Waals surface area contributed by atoms with Gasteiger partial charge in [-0.15, -0.1) is 0 Å². The summed E-state index contributed by atoms with van der Waals surface area (Å²) in [7, 11) is 1.49. The van der Waals surface area contributed by atoms with Crippen molar-refractivity contribution in [3.8, 4) is 0 Å². The molecule has 1 aliphatic rings. The number of fused-ring (bicyclic) bond motifs is 1. The average molecular weight is 220 g/mol. The van der Waals surface area contributed by atoms with Gasteiger partial charge in [0, 0.05) is 17.7 Å². The van der Waals surface area contributed by atoms with E-state index in [1.165, 1.54) is 7.11 Å². The third kappa shape index (κ3) is 1.43. The van der Waals surface area contributed by atoms with Gasteiger partial charge in [0.05, 0.1) is 13.7 Å². The largest absolute Gasteiger partial charge is 0.560 e. The van der Waals surface area contributed by atoms with E-state index in [1.54, 1.807) is 13.1 Å². The molecule has 0 radical (unpaired) electrons. The summed E-state index contributed by atoms with van der Waals surface area (Å²) < 4.78 is 4.70. The van der Waals surface area contributed by atoms with Crippen LogP contribution in [0.2, 0.25) is 0 Å². The Kier molecular flexibility index (Phi) is 2.77. The van der Waals surface area contributed by atoms with Gasteiger partial charge in [-0.2, -0.15) is 9.63 Å². The predicted octanol–water partition coefficient (Wildman–Crippen LogP) is 2.70. The molecule has 0 unspecified atom stereocenters. The van der Waals surface area contributed by atoms with E-state index in [0.29, 0.717) is 6.61 Å². The van der Waals surface area contributed by atoms with Gasteiger partial charge in [0.1, 0.15) is 6.20 Å². The van der Waals surface area contributed by atoms with Gasteiger partial charge in [-0.1, -0.05) is 12.1 Å². The summed E-state index contributed by atoms with van der Waals surface area (Å²) in [5, 5.41) is 0. The van der Waals surface area contributed by atoms with Crippen molar-refractivity contribution in [1.82, 2.24) is 4.65 Å². The minimum absolute atomic E-state index is 0.329. The fourth-order valence-electron chi connectivity index (χ4n) is 1.81. The summed E-state index contributed by atoms with van der Waals surface area (Å²) in [6, 6.07) is 7.58. The Morgan fingerprint density at radius 2 is 2.12 bits per heavy atom. The maximum absolute atomic E-state index is 11.9. The Morgan fingerprint density at radius 3 is 2.81 bits per heavy atom. The molecule has 0 aromatic heterocycles. The van der Waals surface area contributed by atoms with E-state index >= 15 is 0 Å². The summed E-state index contributed by atoms with van der Waals surface area (Å²) in [5.74, 6) is 0. The zero-order valence-corrected chi connectivity index (χ0v) is 9.34. The fraction of sp³-hybridized carbons (Fsp3) is 0.250. The number of nitrogens with zero attached hydrogens (tertiary/aromatic N) is 1. The maximum atomic E-state index is 11.9. The Balaban J connectivity index is 2.46. The van der Waals surface area contributed by atoms with Crippen LogP contribution in [-0.2, 0) is 9.57 Å². The van der Waals surface area contributed by atoms with Gasteiger partial charge in [-0.05, 0) is 17.6 Å². The Morgan fingerprint density at radius 1 is 1.38 bits per heavy atom. The molecule has 0 saturated heterocycles. The number of amides is 1. The van der Waals surface area contributed by atoms with Gasteiger partial charge >= 0.3 is 6.09 Å². The molecule has 1 atom stereocenters. The van der Waals surface area contributed by atoms with Crippen LogP contribution >= 0.6 is 0 Å². The Hall–Kier alpha value is -1.65. The molecule has 4 heteroatoms. The average Bonchev–Trinajstić information content (AvgIpc) is 2.69. The standard InChI is InChI=1S/C12H14NO3/c1-3-16-12(14)13(15-2)9-8-10-6-4-5-7-11(10)13/h4-9H,3H2,1-2H3/q+1/t13-/m0/s1. The van der Waals surface area contributed by atoms with Crippen LogP contribution in [0.1, 0.15) is 12.5 Å². The van der Waals surface area contributed by atoms with Crippen molar-refractivity contribution in [2.45, 2.75) is 6.92 Å². The monoisotopic (exact) mass is 220 g/mol. The van der Waals surface area contributed by atoms with Crippen molar-refractivity contribution >= 4 is 17.9 Å². The smallest absolute Gasteiger partial charge is 0.417 e. The number of carbonyl (C=O) groups excluding carboxylic acids is 1. The number of hydrogen-bond acceptors (Lipinski definition) is 3.